The maximum absolute atomic E-state index is 11.9. The van der Waals surface area contributed by atoms with Gasteiger partial charge >= 0.3 is 0 Å². The lowest BCUT2D eigenvalue weighted by Gasteiger charge is -2.14. The van der Waals surface area contributed by atoms with Gasteiger partial charge in [-0.25, -0.2) is 13.1 Å². The molecule has 1 saturated heterocycles. The average Bonchev–Trinajstić information content (AvgIpc) is 2.90. The van der Waals surface area contributed by atoms with Crippen molar-refractivity contribution < 1.29 is 17.9 Å². The Balaban J connectivity index is 2.11. The Morgan fingerprint density at radius 1 is 1.50 bits per heavy atom. The number of nitrogen functional groups attached to an aromatic ring is 1. The van der Waals surface area contributed by atoms with Crippen molar-refractivity contribution in [2.45, 2.75) is 30.8 Å². The molecule has 1 aromatic rings. The predicted octanol–water partition coefficient (Wildman–Crippen LogP) is 1.12. The predicted molar refractivity (Wildman–Crippen MR) is 76.2 cm³/mol. The summed E-state index contributed by atoms with van der Waals surface area (Å²) < 4.78 is 37.3. The van der Waals surface area contributed by atoms with Gasteiger partial charge in [-0.3, -0.25) is 0 Å². The zero-order chi connectivity index (χ0) is 14.6. The molecule has 3 N–H and O–H groups in total. The highest BCUT2D eigenvalue weighted by molar-refractivity contribution is 7.89. The molecule has 112 valence electrons. The van der Waals surface area contributed by atoms with Crippen LogP contribution in [-0.2, 0) is 14.8 Å². The Hall–Kier alpha value is -1.31. The number of sulfonamides is 1. The Morgan fingerprint density at radius 3 is 2.95 bits per heavy atom. The van der Waals surface area contributed by atoms with E-state index in [1.807, 2.05) is 0 Å². The fourth-order valence-corrected chi connectivity index (χ4v) is 3.09. The minimum atomic E-state index is -3.50. The number of ether oxygens (including phenoxy) is 2. The van der Waals surface area contributed by atoms with Gasteiger partial charge in [0, 0.05) is 19.2 Å². The number of nitrogens with one attached hydrogen (secondary N) is 1. The number of nitrogens with two attached hydrogens (primary N) is 1. The van der Waals surface area contributed by atoms with Crippen molar-refractivity contribution in [3.63, 3.8) is 0 Å². The minimum absolute atomic E-state index is 0.0587. The lowest BCUT2D eigenvalue weighted by molar-refractivity contribution is 0.0681. The van der Waals surface area contributed by atoms with E-state index in [0.29, 0.717) is 24.6 Å². The van der Waals surface area contributed by atoms with Gasteiger partial charge in [0.2, 0.25) is 10.0 Å². The van der Waals surface area contributed by atoms with Crippen LogP contribution in [0, 0.1) is 0 Å². The van der Waals surface area contributed by atoms with Crippen LogP contribution < -0.4 is 15.2 Å². The summed E-state index contributed by atoms with van der Waals surface area (Å²) in [5.41, 5.74) is 6.23. The van der Waals surface area contributed by atoms with Crippen LogP contribution in [0.5, 0.6) is 5.75 Å². The molecular formula is C13H20N2O4S. The number of hydrogen-bond donors (Lipinski definition) is 2. The standard InChI is InChI=1S/C13H20N2O4S/c1-2-15-20(16,17)11-5-6-12(14)13(8-11)19-9-10-4-3-7-18-10/h5-6,8,10,15H,2-4,7,9,14H2,1H3. The monoisotopic (exact) mass is 300 g/mol. The second-order valence-corrected chi connectivity index (χ2v) is 6.41. The van der Waals surface area contributed by atoms with E-state index in [1.165, 1.54) is 18.2 Å². The number of rotatable bonds is 6. The lowest BCUT2D eigenvalue weighted by atomic mass is 10.2. The highest BCUT2D eigenvalue weighted by Crippen LogP contribution is 2.26. The van der Waals surface area contributed by atoms with Gasteiger partial charge in [0.25, 0.3) is 0 Å². The van der Waals surface area contributed by atoms with E-state index in [9.17, 15) is 8.42 Å². The third-order valence-corrected chi connectivity index (χ3v) is 4.62. The number of benzene rings is 1. The first-order valence-corrected chi connectivity index (χ1v) is 8.15. The van der Waals surface area contributed by atoms with Crippen molar-refractivity contribution in [2.75, 3.05) is 25.5 Å². The SMILES string of the molecule is CCNS(=O)(=O)c1ccc(N)c(OCC2CCCO2)c1. The van der Waals surface area contributed by atoms with E-state index in [0.717, 1.165) is 19.4 Å². The van der Waals surface area contributed by atoms with Crippen molar-refractivity contribution >= 4 is 15.7 Å². The zero-order valence-corrected chi connectivity index (χ0v) is 12.3. The van der Waals surface area contributed by atoms with Crippen molar-refractivity contribution in [3.8, 4) is 5.75 Å². The Morgan fingerprint density at radius 2 is 2.30 bits per heavy atom. The Kier molecular flexibility index (Phi) is 4.85. The van der Waals surface area contributed by atoms with Gasteiger partial charge in [-0.2, -0.15) is 0 Å². The molecule has 1 aliphatic rings. The van der Waals surface area contributed by atoms with E-state index < -0.39 is 10.0 Å². The molecule has 6 nitrogen and oxygen atoms in total. The normalized spacial score (nSPS) is 19.1. The molecule has 1 aliphatic heterocycles. The third-order valence-electron chi connectivity index (χ3n) is 3.08. The van der Waals surface area contributed by atoms with Gasteiger partial charge in [0.1, 0.15) is 12.4 Å². The van der Waals surface area contributed by atoms with Crippen molar-refractivity contribution in [1.29, 1.82) is 0 Å². The second kappa shape index (κ2) is 6.43. The summed E-state index contributed by atoms with van der Waals surface area (Å²) in [6.45, 7) is 3.19. The van der Waals surface area contributed by atoms with Crippen LogP contribution >= 0.6 is 0 Å². The van der Waals surface area contributed by atoms with E-state index >= 15 is 0 Å². The molecule has 0 amide bonds. The van der Waals surface area contributed by atoms with Crippen LogP contribution in [0.3, 0.4) is 0 Å². The summed E-state index contributed by atoms with van der Waals surface area (Å²) in [4.78, 5) is 0.149. The molecule has 0 bridgehead atoms. The van der Waals surface area contributed by atoms with E-state index in [2.05, 4.69) is 4.72 Å². The molecule has 7 heteroatoms. The molecule has 1 aromatic carbocycles. The fourth-order valence-electron chi connectivity index (χ4n) is 2.04. The minimum Gasteiger partial charge on any atom is -0.489 e. The second-order valence-electron chi connectivity index (χ2n) is 4.65. The lowest BCUT2D eigenvalue weighted by Crippen LogP contribution is -2.23. The quantitative estimate of drug-likeness (QED) is 0.768. The van der Waals surface area contributed by atoms with Gasteiger partial charge in [0.15, 0.2) is 0 Å². The summed E-state index contributed by atoms with van der Waals surface area (Å²) in [6, 6.07) is 4.45. The molecular weight excluding hydrogens is 280 g/mol. The van der Waals surface area contributed by atoms with Crippen molar-refractivity contribution in [3.05, 3.63) is 18.2 Å². The van der Waals surface area contributed by atoms with Crippen LogP contribution in [0.15, 0.2) is 23.1 Å². The largest absolute Gasteiger partial charge is 0.489 e. The topological polar surface area (TPSA) is 90.7 Å². The van der Waals surface area contributed by atoms with Gasteiger partial charge in [-0.15, -0.1) is 0 Å². The summed E-state index contributed by atoms with van der Waals surface area (Å²) in [5, 5.41) is 0. The smallest absolute Gasteiger partial charge is 0.240 e. The summed E-state index contributed by atoms with van der Waals surface area (Å²) >= 11 is 0. The van der Waals surface area contributed by atoms with Crippen LogP contribution in [-0.4, -0.2) is 34.3 Å². The van der Waals surface area contributed by atoms with Crippen molar-refractivity contribution in [2.24, 2.45) is 0 Å². The van der Waals surface area contributed by atoms with E-state index in [4.69, 9.17) is 15.2 Å². The Bertz CT molecular complexity index is 553. The van der Waals surface area contributed by atoms with Crippen LogP contribution in [0.2, 0.25) is 0 Å². The molecule has 2 rings (SSSR count). The molecule has 0 aliphatic carbocycles. The fraction of sp³-hybridized carbons (Fsp3) is 0.538. The van der Waals surface area contributed by atoms with Gasteiger partial charge < -0.3 is 15.2 Å². The summed E-state index contributed by atoms with van der Waals surface area (Å²) in [7, 11) is -3.50. The molecule has 1 unspecified atom stereocenters. The van der Waals surface area contributed by atoms with Gasteiger partial charge in [-0.1, -0.05) is 6.92 Å². The highest BCUT2D eigenvalue weighted by atomic mass is 32.2. The van der Waals surface area contributed by atoms with Crippen LogP contribution in [0.1, 0.15) is 19.8 Å². The highest BCUT2D eigenvalue weighted by Gasteiger charge is 2.18. The molecule has 1 heterocycles. The first kappa shape index (κ1) is 15.1. The maximum atomic E-state index is 11.9. The van der Waals surface area contributed by atoms with Gasteiger partial charge in [-0.05, 0) is 25.0 Å². The zero-order valence-electron chi connectivity index (χ0n) is 11.5. The van der Waals surface area contributed by atoms with Crippen LogP contribution in [0.4, 0.5) is 5.69 Å². The van der Waals surface area contributed by atoms with Crippen LogP contribution in [0.25, 0.3) is 0 Å². The third kappa shape index (κ3) is 3.62. The first-order valence-electron chi connectivity index (χ1n) is 6.66. The van der Waals surface area contributed by atoms with Crippen molar-refractivity contribution in [1.82, 2.24) is 4.72 Å². The Labute approximate surface area is 119 Å². The molecule has 0 aromatic heterocycles. The summed E-state index contributed by atoms with van der Waals surface area (Å²) in [6.07, 6.45) is 2.04. The molecule has 1 atom stereocenters. The summed E-state index contributed by atoms with van der Waals surface area (Å²) in [5.74, 6) is 0.375. The molecule has 20 heavy (non-hydrogen) atoms. The maximum Gasteiger partial charge on any atom is 0.240 e. The molecule has 1 fully saturated rings. The molecule has 0 spiro atoms. The van der Waals surface area contributed by atoms with E-state index in [-0.39, 0.29) is 11.0 Å². The molecule has 0 radical (unpaired) electrons. The number of hydrogen-bond acceptors (Lipinski definition) is 5. The van der Waals surface area contributed by atoms with E-state index in [1.54, 1.807) is 6.92 Å². The number of anilines is 1. The van der Waals surface area contributed by atoms with Gasteiger partial charge in [0.05, 0.1) is 16.7 Å². The molecule has 0 saturated carbocycles. The first-order chi connectivity index (χ1) is 9.53. The average molecular weight is 300 g/mol.